The Hall–Kier alpha value is -2.15. The van der Waals surface area contributed by atoms with Crippen molar-refractivity contribution in [3.05, 3.63) is 64.8 Å². The SMILES string of the molecule is C[C@H](Sc1nc(-c2ccccc2)cn1N)C(=O)Nc1ccc(Cl)cc1Cl. The number of carbonyl (C=O) groups is 1. The monoisotopic (exact) mass is 406 g/mol. The molecule has 0 bridgehead atoms. The number of amides is 1. The Kier molecular flexibility index (Phi) is 5.76. The van der Waals surface area contributed by atoms with Gasteiger partial charge in [0.1, 0.15) is 0 Å². The van der Waals surface area contributed by atoms with E-state index in [0.29, 0.717) is 20.9 Å². The molecule has 1 heterocycles. The van der Waals surface area contributed by atoms with E-state index < -0.39 is 5.25 Å². The third kappa shape index (κ3) is 4.33. The van der Waals surface area contributed by atoms with Crippen LogP contribution in [-0.2, 0) is 4.79 Å². The number of anilines is 1. The van der Waals surface area contributed by atoms with Gasteiger partial charge in [0.25, 0.3) is 0 Å². The van der Waals surface area contributed by atoms with E-state index in [1.807, 2.05) is 30.3 Å². The highest BCUT2D eigenvalue weighted by atomic mass is 35.5. The van der Waals surface area contributed by atoms with Crippen molar-refractivity contribution in [1.82, 2.24) is 9.66 Å². The molecule has 0 aliphatic carbocycles. The van der Waals surface area contributed by atoms with E-state index >= 15 is 0 Å². The molecule has 0 aliphatic heterocycles. The average molecular weight is 407 g/mol. The van der Waals surface area contributed by atoms with Gasteiger partial charge in [-0.05, 0) is 25.1 Å². The van der Waals surface area contributed by atoms with Crippen LogP contribution in [0, 0.1) is 0 Å². The molecular weight excluding hydrogens is 391 g/mol. The molecule has 2 aromatic carbocycles. The van der Waals surface area contributed by atoms with Gasteiger partial charge in [-0.25, -0.2) is 9.66 Å². The highest BCUT2D eigenvalue weighted by Gasteiger charge is 2.19. The van der Waals surface area contributed by atoms with Crippen molar-refractivity contribution in [2.75, 3.05) is 11.2 Å². The van der Waals surface area contributed by atoms with E-state index in [1.165, 1.54) is 16.4 Å². The maximum atomic E-state index is 12.4. The summed E-state index contributed by atoms with van der Waals surface area (Å²) in [5.74, 6) is 5.78. The molecule has 3 rings (SSSR count). The normalized spacial score (nSPS) is 12.0. The fourth-order valence-electron chi connectivity index (χ4n) is 2.25. The first-order valence-electron chi connectivity index (χ1n) is 7.76. The maximum Gasteiger partial charge on any atom is 0.237 e. The summed E-state index contributed by atoms with van der Waals surface area (Å²) in [6, 6.07) is 14.6. The Balaban J connectivity index is 1.70. The Morgan fingerprint density at radius 3 is 2.65 bits per heavy atom. The molecule has 5 nitrogen and oxygen atoms in total. The van der Waals surface area contributed by atoms with Crippen LogP contribution in [0.25, 0.3) is 11.3 Å². The van der Waals surface area contributed by atoms with Gasteiger partial charge in [0, 0.05) is 10.6 Å². The fraction of sp³-hybridized carbons (Fsp3) is 0.111. The molecule has 26 heavy (non-hydrogen) atoms. The number of rotatable bonds is 5. The molecule has 0 spiro atoms. The van der Waals surface area contributed by atoms with Crippen molar-refractivity contribution >= 4 is 46.6 Å². The highest BCUT2D eigenvalue weighted by molar-refractivity contribution is 8.00. The third-order valence-electron chi connectivity index (χ3n) is 3.61. The lowest BCUT2D eigenvalue weighted by atomic mass is 10.2. The van der Waals surface area contributed by atoms with E-state index in [1.54, 1.807) is 31.3 Å². The number of nitrogens with zero attached hydrogens (tertiary/aromatic N) is 2. The van der Waals surface area contributed by atoms with Crippen molar-refractivity contribution in [3.8, 4) is 11.3 Å². The summed E-state index contributed by atoms with van der Waals surface area (Å²) in [4.78, 5) is 17.0. The minimum absolute atomic E-state index is 0.205. The van der Waals surface area contributed by atoms with Crippen LogP contribution in [0.1, 0.15) is 6.92 Å². The summed E-state index contributed by atoms with van der Waals surface area (Å²) in [6.45, 7) is 1.78. The smallest absolute Gasteiger partial charge is 0.237 e. The number of hydrogen-bond donors (Lipinski definition) is 2. The lowest BCUT2D eigenvalue weighted by molar-refractivity contribution is -0.115. The van der Waals surface area contributed by atoms with Gasteiger partial charge in [-0.3, -0.25) is 4.79 Å². The van der Waals surface area contributed by atoms with Gasteiger partial charge in [0.2, 0.25) is 5.91 Å². The van der Waals surface area contributed by atoms with Gasteiger partial charge in [0.15, 0.2) is 5.16 Å². The second-order valence-corrected chi connectivity index (χ2v) is 7.71. The highest BCUT2D eigenvalue weighted by Crippen LogP contribution is 2.28. The number of nitrogen functional groups attached to an aromatic ring is 1. The largest absolute Gasteiger partial charge is 0.337 e. The number of halogens is 2. The minimum Gasteiger partial charge on any atom is -0.337 e. The second kappa shape index (κ2) is 8.03. The van der Waals surface area contributed by atoms with Crippen molar-refractivity contribution in [3.63, 3.8) is 0 Å². The first-order chi connectivity index (χ1) is 12.4. The fourth-order valence-corrected chi connectivity index (χ4v) is 3.51. The predicted octanol–water partition coefficient (Wildman–Crippen LogP) is 4.69. The van der Waals surface area contributed by atoms with Crippen LogP contribution < -0.4 is 11.2 Å². The first kappa shape index (κ1) is 18.6. The molecule has 0 saturated carbocycles. The van der Waals surface area contributed by atoms with Gasteiger partial charge in [-0.2, -0.15) is 0 Å². The number of benzene rings is 2. The summed E-state index contributed by atoms with van der Waals surface area (Å²) < 4.78 is 1.42. The van der Waals surface area contributed by atoms with E-state index in [4.69, 9.17) is 29.0 Å². The van der Waals surface area contributed by atoms with Gasteiger partial charge in [-0.15, -0.1) is 0 Å². The van der Waals surface area contributed by atoms with Crippen LogP contribution in [0.15, 0.2) is 59.9 Å². The molecule has 0 aliphatic rings. The number of carbonyl (C=O) groups excluding carboxylic acids is 1. The molecule has 3 aromatic rings. The zero-order valence-corrected chi connectivity index (χ0v) is 16.1. The van der Waals surface area contributed by atoms with E-state index in [-0.39, 0.29) is 5.91 Å². The zero-order chi connectivity index (χ0) is 18.7. The lowest BCUT2D eigenvalue weighted by Crippen LogP contribution is -2.23. The van der Waals surface area contributed by atoms with Crippen molar-refractivity contribution in [2.24, 2.45) is 0 Å². The average Bonchev–Trinajstić information content (AvgIpc) is 2.98. The van der Waals surface area contributed by atoms with Crippen LogP contribution >= 0.6 is 35.0 Å². The first-order valence-corrected chi connectivity index (χ1v) is 9.40. The molecule has 0 fully saturated rings. The molecule has 1 atom stereocenters. The molecule has 1 amide bonds. The minimum atomic E-state index is -0.421. The van der Waals surface area contributed by atoms with Crippen LogP contribution in [0.5, 0.6) is 0 Å². The quantitative estimate of drug-likeness (QED) is 0.476. The van der Waals surface area contributed by atoms with Crippen LogP contribution in [0.3, 0.4) is 0 Å². The van der Waals surface area contributed by atoms with E-state index in [0.717, 1.165) is 11.3 Å². The van der Waals surface area contributed by atoms with Crippen molar-refractivity contribution < 1.29 is 4.79 Å². The Morgan fingerprint density at radius 2 is 1.96 bits per heavy atom. The van der Waals surface area contributed by atoms with Crippen LogP contribution in [0.4, 0.5) is 5.69 Å². The zero-order valence-electron chi connectivity index (χ0n) is 13.8. The second-order valence-electron chi connectivity index (χ2n) is 5.56. The molecule has 134 valence electrons. The lowest BCUT2D eigenvalue weighted by Gasteiger charge is -2.12. The van der Waals surface area contributed by atoms with Gasteiger partial charge < -0.3 is 11.2 Å². The van der Waals surface area contributed by atoms with Gasteiger partial charge >= 0.3 is 0 Å². The van der Waals surface area contributed by atoms with E-state index in [9.17, 15) is 4.79 Å². The third-order valence-corrected chi connectivity index (χ3v) is 5.24. The molecule has 8 heteroatoms. The standard InChI is InChI=1S/C18H16Cl2N4OS/c1-11(17(25)22-15-8-7-13(19)9-14(15)20)26-18-23-16(10-24(18)21)12-5-3-2-4-6-12/h2-11H,21H2,1H3,(H,22,25)/t11-/m0/s1. The summed E-state index contributed by atoms with van der Waals surface area (Å²) in [5.41, 5.74) is 2.22. The molecule has 3 N–H and O–H groups in total. The Labute approximate surface area is 165 Å². The summed E-state index contributed by atoms with van der Waals surface area (Å²) in [7, 11) is 0. The molecule has 0 unspecified atom stereocenters. The molecule has 0 radical (unpaired) electrons. The molecule has 0 saturated heterocycles. The van der Waals surface area contributed by atoms with Crippen molar-refractivity contribution in [1.29, 1.82) is 0 Å². The topological polar surface area (TPSA) is 72.9 Å². The Bertz CT molecular complexity index is 930. The molecular formula is C18H16Cl2N4OS. The van der Waals surface area contributed by atoms with Crippen LogP contribution in [-0.4, -0.2) is 20.8 Å². The number of thioether (sulfide) groups is 1. The number of nitrogens with two attached hydrogens (primary N) is 1. The van der Waals surface area contributed by atoms with Gasteiger partial charge in [0.05, 0.1) is 27.9 Å². The van der Waals surface area contributed by atoms with Crippen molar-refractivity contribution in [2.45, 2.75) is 17.3 Å². The van der Waals surface area contributed by atoms with Gasteiger partial charge in [-0.1, -0.05) is 65.3 Å². The van der Waals surface area contributed by atoms with E-state index in [2.05, 4.69) is 10.3 Å². The maximum absolute atomic E-state index is 12.4. The number of hydrogen-bond acceptors (Lipinski definition) is 4. The number of nitrogens with one attached hydrogen (secondary N) is 1. The van der Waals surface area contributed by atoms with Crippen LogP contribution in [0.2, 0.25) is 10.0 Å². The Morgan fingerprint density at radius 1 is 1.23 bits per heavy atom. The number of imidazole rings is 1. The summed E-state index contributed by atoms with van der Waals surface area (Å²) in [6.07, 6.45) is 1.73. The number of aromatic nitrogens is 2. The summed E-state index contributed by atoms with van der Waals surface area (Å²) >= 11 is 13.2. The summed E-state index contributed by atoms with van der Waals surface area (Å²) in [5, 5.41) is 3.81. The predicted molar refractivity (Wildman–Crippen MR) is 108 cm³/mol. The molecule has 1 aromatic heterocycles.